The zero-order valence-corrected chi connectivity index (χ0v) is 12.1. The van der Waals surface area contributed by atoms with Gasteiger partial charge in [-0.15, -0.1) is 0 Å². The minimum atomic E-state index is -0.367. The Kier molecular flexibility index (Phi) is 3.60. The fraction of sp³-hybridized carbons (Fsp3) is 0.400. The third-order valence-corrected chi connectivity index (χ3v) is 4.46. The molecule has 3 nitrogen and oxygen atoms in total. The predicted molar refractivity (Wildman–Crippen MR) is 78.0 cm³/mol. The third kappa shape index (κ3) is 3.00. The molecule has 1 amide bonds. The highest BCUT2D eigenvalue weighted by atomic mass is 79.9. The fourth-order valence-electron chi connectivity index (χ4n) is 2.96. The Bertz CT molecular complexity index is 497. The Balaban J connectivity index is 1.47. The van der Waals surface area contributed by atoms with Crippen molar-refractivity contribution in [3.05, 3.63) is 40.9 Å². The molecule has 0 aliphatic heterocycles. The number of benzene rings is 1. The first-order valence-corrected chi connectivity index (χ1v) is 7.37. The molecule has 1 fully saturated rings. The van der Waals surface area contributed by atoms with Gasteiger partial charge in [0.15, 0.2) is 0 Å². The first kappa shape index (κ1) is 12.7. The number of allylic oxidation sites excluding steroid dienone is 2. The normalized spacial score (nSPS) is 27.5. The maximum atomic E-state index is 11.7. The van der Waals surface area contributed by atoms with Crippen LogP contribution in [-0.4, -0.2) is 12.7 Å². The summed E-state index contributed by atoms with van der Waals surface area (Å²) >= 11 is 3.36. The third-order valence-electron chi connectivity index (χ3n) is 3.94. The summed E-state index contributed by atoms with van der Waals surface area (Å²) in [5, 5.41) is 2.74. The number of halogens is 1. The number of anilines is 1. The molecule has 1 aromatic carbocycles. The molecule has 19 heavy (non-hydrogen) atoms. The number of carbonyl (C=O) groups is 1. The fourth-order valence-corrected chi connectivity index (χ4v) is 3.22. The van der Waals surface area contributed by atoms with Crippen LogP contribution in [0.4, 0.5) is 10.5 Å². The zero-order chi connectivity index (χ0) is 13.2. The van der Waals surface area contributed by atoms with Crippen molar-refractivity contribution in [2.24, 2.45) is 17.8 Å². The lowest BCUT2D eigenvalue weighted by Crippen LogP contribution is -2.21. The molecule has 0 radical (unpaired) electrons. The Morgan fingerprint density at radius 3 is 2.68 bits per heavy atom. The molecule has 0 aromatic heterocycles. The number of nitrogens with one attached hydrogen (secondary N) is 1. The molecule has 100 valence electrons. The quantitative estimate of drug-likeness (QED) is 0.847. The van der Waals surface area contributed by atoms with Crippen LogP contribution in [-0.2, 0) is 4.74 Å². The second kappa shape index (κ2) is 5.37. The predicted octanol–water partition coefficient (Wildman–Crippen LogP) is 4.21. The van der Waals surface area contributed by atoms with Crippen LogP contribution in [0.3, 0.4) is 0 Å². The number of ether oxygens (including phenoxy) is 1. The molecule has 1 saturated carbocycles. The van der Waals surface area contributed by atoms with Crippen molar-refractivity contribution in [2.45, 2.75) is 12.8 Å². The molecule has 3 atom stereocenters. The standard InChI is InChI=1S/C15H16BrNO2/c16-13-3-5-14(6-4-13)17-15(18)19-9-12-8-10-1-2-11(12)7-10/h1-6,10-12H,7-9H2,(H,17,18)/t10-,11-,12-/m0/s1. The van der Waals surface area contributed by atoms with Crippen LogP contribution < -0.4 is 5.32 Å². The van der Waals surface area contributed by atoms with Crippen molar-refractivity contribution in [1.82, 2.24) is 0 Å². The van der Waals surface area contributed by atoms with Gasteiger partial charge in [0, 0.05) is 16.1 Å². The van der Waals surface area contributed by atoms with Gasteiger partial charge < -0.3 is 4.74 Å². The van der Waals surface area contributed by atoms with Gasteiger partial charge in [-0.2, -0.15) is 0 Å². The second-order valence-corrected chi connectivity index (χ2v) is 6.19. The van der Waals surface area contributed by atoms with Gasteiger partial charge in [-0.05, 0) is 48.9 Å². The van der Waals surface area contributed by atoms with Crippen LogP contribution >= 0.6 is 15.9 Å². The van der Waals surface area contributed by atoms with E-state index in [1.165, 1.54) is 6.42 Å². The van der Waals surface area contributed by atoms with E-state index in [9.17, 15) is 4.79 Å². The molecular formula is C15H16BrNO2. The van der Waals surface area contributed by atoms with Crippen molar-refractivity contribution < 1.29 is 9.53 Å². The van der Waals surface area contributed by atoms with E-state index in [0.29, 0.717) is 24.4 Å². The zero-order valence-electron chi connectivity index (χ0n) is 10.5. The lowest BCUT2D eigenvalue weighted by molar-refractivity contribution is 0.134. The first-order valence-electron chi connectivity index (χ1n) is 6.58. The van der Waals surface area contributed by atoms with E-state index in [1.807, 2.05) is 24.3 Å². The summed E-state index contributed by atoms with van der Waals surface area (Å²) in [7, 11) is 0. The van der Waals surface area contributed by atoms with Crippen LogP contribution in [0.1, 0.15) is 12.8 Å². The van der Waals surface area contributed by atoms with E-state index >= 15 is 0 Å². The summed E-state index contributed by atoms with van der Waals surface area (Å²) < 4.78 is 6.30. The summed E-state index contributed by atoms with van der Waals surface area (Å²) in [4.78, 5) is 11.7. The molecule has 4 heteroatoms. The highest BCUT2D eigenvalue weighted by molar-refractivity contribution is 9.10. The van der Waals surface area contributed by atoms with Gasteiger partial charge in [-0.3, -0.25) is 5.32 Å². The van der Waals surface area contributed by atoms with E-state index in [1.54, 1.807) is 0 Å². The molecule has 1 N–H and O–H groups in total. The lowest BCUT2D eigenvalue weighted by Gasteiger charge is -2.17. The molecule has 2 bridgehead atoms. The van der Waals surface area contributed by atoms with Crippen molar-refractivity contribution in [1.29, 1.82) is 0 Å². The van der Waals surface area contributed by atoms with Gasteiger partial charge in [0.25, 0.3) is 0 Å². The Labute approximate surface area is 121 Å². The average Bonchev–Trinajstić information content (AvgIpc) is 3.01. The van der Waals surface area contributed by atoms with Crippen LogP contribution in [0.2, 0.25) is 0 Å². The summed E-state index contributed by atoms with van der Waals surface area (Å²) in [6, 6.07) is 7.45. The number of hydrogen-bond donors (Lipinski definition) is 1. The summed E-state index contributed by atoms with van der Waals surface area (Å²) in [5.41, 5.74) is 0.751. The molecule has 0 saturated heterocycles. The number of hydrogen-bond acceptors (Lipinski definition) is 2. The number of fused-ring (bicyclic) bond motifs is 2. The molecule has 0 heterocycles. The molecule has 3 rings (SSSR count). The largest absolute Gasteiger partial charge is 0.449 e. The smallest absolute Gasteiger partial charge is 0.411 e. The molecule has 2 aliphatic rings. The van der Waals surface area contributed by atoms with E-state index in [2.05, 4.69) is 33.4 Å². The van der Waals surface area contributed by atoms with Crippen LogP contribution in [0.15, 0.2) is 40.9 Å². The molecule has 2 aliphatic carbocycles. The van der Waals surface area contributed by atoms with Crippen molar-refractivity contribution in [3.8, 4) is 0 Å². The van der Waals surface area contributed by atoms with E-state index in [0.717, 1.165) is 16.6 Å². The summed E-state index contributed by atoms with van der Waals surface area (Å²) in [5.74, 6) is 1.84. The number of carbonyl (C=O) groups excluding carboxylic acids is 1. The number of amides is 1. The Morgan fingerprint density at radius 1 is 1.26 bits per heavy atom. The Hall–Kier alpha value is -1.29. The van der Waals surface area contributed by atoms with Gasteiger partial charge in [0.2, 0.25) is 0 Å². The summed E-state index contributed by atoms with van der Waals surface area (Å²) in [6.45, 7) is 0.522. The minimum Gasteiger partial charge on any atom is -0.449 e. The minimum absolute atomic E-state index is 0.367. The molecular weight excluding hydrogens is 306 g/mol. The van der Waals surface area contributed by atoms with Crippen LogP contribution in [0, 0.1) is 17.8 Å². The van der Waals surface area contributed by atoms with Crippen LogP contribution in [0.25, 0.3) is 0 Å². The monoisotopic (exact) mass is 321 g/mol. The second-order valence-electron chi connectivity index (χ2n) is 5.27. The topological polar surface area (TPSA) is 38.3 Å². The van der Waals surface area contributed by atoms with Crippen LogP contribution in [0.5, 0.6) is 0 Å². The van der Waals surface area contributed by atoms with Crippen molar-refractivity contribution in [3.63, 3.8) is 0 Å². The number of rotatable bonds is 3. The van der Waals surface area contributed by atoms with Crippen molar-refractivity contribution >= 4 is 27.7 Å². The van der Waals surface area contributed by atoms with Gasteiger partial charge in [-0.25, -0.2) is 4.79 Å². The van der Waals surface area contributed by atoms with E-state index < -0.39 is 0 Å². The highest BCUT2D eigenvalue weighted by Gasteiger charge is 2.36. The SMILES string of the molecule is O=C(Nc1ccc(Br)cc1)OC[C@@H]1C[C@H]2C=C[C@H]1C2. The van der Waals surface area contributed by atoms with Gasteiger partial charge in [0.05, 0.1) is 6.61 Å². The Morgan fingerprint density at radius 2 is 2.05 bits per heavy atom. The molecule has 0 spiro atoms. The molecule has 0 unspecified atom stereocenters. The maximum Gasteiger partial charge on any atom is 0.411 e. The van der Waals surface area contributed by atoms with Gasteiger partial charge in [-0.1, -0.05) is 28.1 Å². The van der Waals surface area contributed by atoms with Gasteiger partial charge in [0.1, 0.15) is 0 Å². The maximum absolute atomic E-state index is 11.7. The van der Waals surface area contributed by atoms with Gasteiger partial charge >= 0.3 is 6.09 Å². The average molecular weight is 322 g/mol. The van der Waals surface area contributed by atoms with E-state index in [4.69, 9.17) is 4.74 Å². The highest BCUT2D eigenvalue weighted by Crippen LogP contribution is 2.43. The van der Waals surface area contributed by atoms with E-state index in [-0.39, 0.29) is 6.09 Å². The van der Waals surface area contributed by atoms with Crippen molar-refractivity contribution in [2.75, 3.05) is 11.9 Å². The lowest BCUT2D eigenvalue weighted by atomic mass is 9.95. The first-order chi connectivity index (χ1) is 9.20. The summed E-state index contributed by atoms with van der Waals surface area (Å²) in [6.07, 6.45) is 6.60. The molecule has 1 aromatic rings.